The molecule has 368 valence electrons. The van der Waals surface area contributed by atoms with Gasteiger partial charge in [0.1, 0.15) is 60.3 Å². The molecule has 11 rings (SSSR count). The summed E-state index contributed by atoms with van der Waals surface area (Å²) in [7, 11) is 0. The summed E-state index contributed by atoms with van der Waals surface area (Å²) in [6.45, 7) is -1.19. The molecule has 3 aromatic heterocycles. The molecule has 0 amide bonds. The Hall–Kier alpha value is -7.06. The molecule has 0 spiro atoms. The number of aromatic nitrogens is 4. The summed E-state index contributed by atoms with van der Waals surface area (Å²) in [5.41, 5.74) is 12.6. The van der Waals surface area contributed by atoms with Crippen molar-refractivity contribution in [2.75, 3.05) is 13.2 Å². The van der Waals surface area contributed by atoms with Crippen molar-refractivity contribution in [2.45, 2.75) is 74.3 Å². The fourth-order valence-corrected chi connectivity index (χ4v) is 9.98. The molecule has 2 saturated heterocycles. The lowest BCUT2D eigenvalue weighted by molar-refractivity contribution is -0.277. The van der Waals surface area contributed by atoms with E-state index < -0.39 is 74.6 Å². The van der Waals surface area contributed by atoms with E-state index in [1.54, 1.807) is 24.3 Å². The van der Waals surface area contributed by atoms with Crippen LogP contribution in [0.1, 0.15) is 22.8 Å². The van der Waals surface area contributed by atoms with Crippen LogP contribution in [0.5, 0.6) is 11.5 Å². The molecule has 2 fully saturated rings. The van der Waals surface area contributed by atoms with Crippen molar-refractivity contribution in [3.8, 4) is 56.0 Å². The molecule has 4 aliphatic rings. The van der Waals surface area contributed by atoms with Crippen molar-refractivity contribution >= 4 is 34.2 Å². The van der Waals surface area contributed by atoms with E-state index in [9.17, 15) is 40.9 Å². The second-order valence-electron chi connectivity index (χ2n) is 18.2. The van der Waals surface area contributed by atoms with Gasteiger partial charge in [-0.2, -0.15) is 0 Å². The molecule has 16 nitrogen and oxygen atoms in total. The van der Waals surface area contributed by atoms with Crippen molar-refractivity contribution in [2.24, 2.45) is 0 Å². The average molecular weight is 973 g/mol. The van der Waals surface area contributed by atoms with Gasteiger partial charge in [-0.3, -0.25) is 4.98 Å². The minimum absolute atomic E-state index is 0.295. The minimum Gasteiger partial charge on any atom is -0.462 e. The maximum absolute atomic E-state index is 10.9. The Labute approximate surface area is 412 Å². The summed E-state index contributed by atoms with van der Waals surface area (Å²) in [5.74, 6) is 0.605. The zero-order valence-corrected chi connectivity index (χ0v) is 38.6. The summed E-state index contributed by atoms with van der Waals surface area (Å²) in [6, 6.07) is 42.5. The molecule has 0 aliphatic carbocycles. The number of benzene rings is 4. The first-order chi connectivity index (χ1) is 35.1. The number of hydrogen-bond acceptors (Lipinski definition) is 14. The topological polar surface area (TPSA) is 256 Å². The summed E-state index contributed by atoms with van der Waals surface area (Å²) in [5, 5.41) is 83.3. The highest BCUT2D eigenvalue weighted by molar-refractivity contribution is 5.97. The number of aliphatic hydroxyl groups is 8. The van der Waals surface area contributed by atoms with E-state index in [0.717, 1.165) is 72.4 Å². The van der Waals surface area contributed by atoms with E-state index in [1.165, 1.54) is 0 Å². The Bertz CT molecular complexity index is 3300. The van der Waals surface area contributed by atoms with Crippen molar-refractivity contribution in [3.63, 3.8) is 0 Å². The molecule has 72 heavy (non-hydrogen) atoms. The van der Waals surface area contributed by atoms with Gasteiger partial charge in [0, 0.05) is 44.3 Å². The molecule has 10 atom stereocenters. The third-order valence-electron chi connectivity index (χ3n) is 13.6. The van der Waals surface area contributed by atoms with E-state index in [2.05, 4.69) is 9.97 Å². The Morgan fingerprint density at radius 1 is 0.431 bits per heavy atom. The predicted octanol–water partition coefficient (Wildman–Crippen LogP) is 5.30. The van der Waals surface area contributed by atoms with Gasteiger partial charge in [-0.25, -0.2) is 4.98 Å². The Balaban J connectivity index is 1.13. The summed E-state index contributed by atoms with van der Waals surface area (Å²) in [6.07, 6.45) is -9.46. The Morgan fingerprint density at radius 3 is 1.28 bits per heavy atom. The third-order valence-corrected chi connectivity index (χ3v) is 13.6. The first-order valence-corrected chi connectivity index (χ1v) is 23.8. The van der Waals surface area contributed by atoms with E-state index in [0.29, 0.717) is 41.3 Å². The van der Waals surface area contributed by atoms with Crippen LogP contribution >= 0.6 is 0 Å². The fourth-order valence-electron chi connectivity index (χ4n) is 9.98. The first kappa shape index (κ1) is 47.3. The number of aryl methyl sites for hydroxylation is 2. The number of aromatic amines is 2. The van der Waals surface area contributed by atoms with Gasteiger partial charge in [0.25, 0.3) is 0 Å². The summed E-state index contributed by atoms with van der Waals surface area (Å²) in [4.78, 5) is 18.3. The zero-order valence-electron chi connectivity index (χ0n) is 38.6. The van der Waals surface area contributed by atoms with E-state index in [1.807, 2.05) is 121 Å². The number of fused-ring (bicyclic) bond motifs is 8. The fraction of sp³-hybridized carbons (Fsp3) is 0.250. The van der Waals surface area contributed by atoms with Crippen LogP contribution < -0.4 is 9.47 Å². The number of ether oxygens (including phenoxy) is 4. The maximum atomic E-state index is 10.9. The van der Waals surface area contributed by atoms with Gasteiger partial charge < -0.3 is 69.8 Å². The minimum atomic E-state index is -1.61. The normalized spacial score (nSPS) is 25.1. The van der Waals surface area contributed by atoms with Crippen LogP contribution in [0.2, 0.25) is 0 Å². The van der Waals surface area contributed by atoms with Crippen molar-refractivity contribution in [1.29, 1.82) is 0 Å². The highest BCUT2D eigenvalue weighted by atomic mass is 16.7. The molecular weight excluding hydrogens is 921 g/mol. The third kappa shape index (κ3) is 8.88. The molecule has 4 aromatic carbocycles. The first-order valence-electron chi connectivity index (χ1n) is 23.8. The summed E-state index contributed by atoms with van der Waals surface area (Å²) >= 11 is 0. The van der Waals surface area contributed by atoms with Gasteiger partial charge in [-0.15, -0.1) is 0 Å². The number of rotatable bonds is 10. The molecule has 7 heterocycles. The molecule has 8 bridgehead atoms. The van der Waals surface area contributed by atoms with Gasteiger partial charge in [0.2, 0.25) is 12.6 Å². The van der Waals surface area contributed by atoms with E-state index >= 15 is 0 Å². The molecule has 0 saturated carbocycles. The second kappa shape index (κ2) is 19.9. The molecule has 16 heteroatoms. The van der Waals surface area contributed by atoms with Crippen molar-refractivity contribution in [3.05, 3.63) is 156 Å². The SMILES string of the molecule is OC[C@H]1O[C@@H](Oc2cccc(-c3c4nc(c(-c5ccccc5)c5ccc([nH]5)c(-c5cccc(OC6O[C@H](CO)[C@@H](O)[C@H](O)[C@H]6O)c5)c5nc(c(-c6ccccc6)c6ccc3[nH]6)C=C5)CC4)c2)[C@H](O)[C@@H](O)[C@@H]1O. The van der Waals surface area contributed by atoms with Crippen molar-refractivity contribution < 1.29 is 59.8 Å². The lowest BCUT2D eigenvalue weighted by Crippen LogP contribution is -2.60. The van der Waals surface area contributed by atoms with Crippen LogP contribution in [0.4, 0.5) is 0 Å². The van der Waals surface area contributed by atoms with E-state index in [-0.39, 0.29) is 0 Å². The standard InChI is InChI=1S/C56H52N4O12/c61-27-43-49(63)51(65)53(67)55(71-43)69-33-15-7-13-31(25-33)47-39-21-17-35(57-39)45(29-9-3-1-4-10-29)36-18-22-40(58-36)48(32-14-8-16-34(26-32)70-56-54(68)52(66)50(64)44(28-62)72-56)42-24-20-38(60-42)46(30-11-5-2-6-12-30)37-19-23-41(47)59-37/h1-19,21-23,25-26,43-44,49-56,58-59,61-68H,20,24,27-28H2/t43-,44-,49-,50-,51+,52+,53-,54-,55?,56-/m1/s1. The molecule has 10 N–H and O–H groups in total. The highest BCUT2D eigenvalue weighted by Gasteiger charge is 2.46. The van der Waals surface area contributed by atoms with E-state index in [4.69, 9.17) is 28.9 Å². The van der Waals surface area contributed by atoms with Gasteiger partial charge in [-0.1, -0.05) is 84.9 Å². The van der Waals surface area contributed by atoms with Gasteiger partial charge in [-0.05, 0) is 95.8 Å². The van der Waals surface area contributed by atoms with Gasteiger partial charge in [0.05, 0.1) is 36.0 Å². The smallest absolute Gasteiger partial charge is 0.229 e. The largest absolute Gasteiger partial charge is 0.462 e. The number of H-pyrrole nitrogens is 2. The zero-order chi connectivity index (χ0) is 49.6. The predicted molar refractivity (Wildman–Crippen MR) is 268 cm³/mol. The van der Waals surface area contributed by atoms with Crippen LogP contribution in [-0.2, 0) is 22.3 Å². The second-order valence-corrected chi connectivity index (χ2v) is 18.2. The lowest BCUT2D eigenvalue weighted by atomic mass is 9.99. The monoisotopic (exact) mass is 972 g/mol. The number of nitrogens with zero attached hydrogens (tertiary/aromatic N) is 2. The van der Waals surface area contributed by atoms with Gasteiger partial charge in [0.15, 0.2) is 0 Å². The number of nitrogens with one attached hydrogen (secondary N) is 2. The molecule has 7 aromatic rings. The molecule has 0 radical (unpaired) electrons. The maximum Gasteiger partial charge on any atom is 0.229 e. The molecule has 1 unspecified atom stereocenters. The lowest BCUT2D eigenvalue weighted by Gasteiger charge is -2.39. The molecular formula is C56H52N4O12. The van der Waals surface area contributed by atoms with Crippen LogP contribution in [0.25, 0.3) is 78.7 Å². The summed E-state index contributed by atoms with van der Waals surface area (Å²) < 4.78 is 23.7. The van der Waals surface area contributed by atoms with Crippen LogP contribution in [0.3, 0.4) is 0 Å². The van der Waals surface area contributed by atoms with Crippen LogP contribution in [0.15, 0.2) is 133 Å². The van der Waals surface area contributed by atoms with Crippen molar-refractivity contribution in [1.82, 2.24) is 19.9 Å². The van der Waals surface area contributed by atoms with Crippen LogP contribution in [-0.4, -0.2) is 135 Å². The quantitative estimate of drug-likeness (QED) is 0.0836. The highest BCUT2D eigenvalue weighted by Crippen LogP contribution is 2.40. The number of aliphatic hydroxyl groups excluding tert-OH is 8. The van der Waals surface area contributed by atoms with Gasteiger partial charge >= 0.3 is 0 Å². The van der Waals surface area contributed by atoms with Crippen LogP contribution in [0, 0.1) is 0 Å². The Kier molecular flexibility index (Phi) is 13.0. The Morgan fingerprint density at radius 2 is 0.819 bits per heavy atom. The average Bonchev–Trinajstić information content (AvgIpc) is 4.26. The molecule has 4 aliphatic heterocycles. The number of hydrogen-bond donors (Lipinski definition) is 10.